The monoisotopic (exact) mass is 431 g/mol. The molecule has 1 aliphatic rings. The second-order valence-electron chi connectivity index (χ2n) is 7.42. The Kier molecular flexibility index (Phi) is 5.62. The number of nitrogens with zero attached hydrogens (tertiary/aromatic N) is 4. The molecule has 4 rings (SSSR count). The molecule has 1 aliphatic heterocycles. The third-order valence-electron chi connectivity index (χ3n) is 5.24. The van der Waals surface area contributed by atoms with Crippen molar-refractivity contribution in [1.82, 2.24) is 9.97 Å². The van der Waals surface area contributed by atoms with Gasteiger partial charge in [-0.2, -0.15) is 13.2 Å². The molecule has 3 aromatic rings. The van der Waals surface area contributed by atoms with Gasteiger partial charge in [-0.25, -0.2) is 9.97 Å². The van der Waals surface area contributed by atoms with Crippen molar-refractivity contribution in [3.05, 3.63) is 63.7 Å². The van der Waals surface area contributed by atoms with Crippen LogP contribution in [0.5, 0.6) is 0 Å². The maximum Gasteiger partial charge on any atom is 0.416 e. The summed E-state index contributed by atoms with van der Waals surface area (Å²) < 4.78 is 38.3. The van der Waals surface area contributed by atoms with Crippen molar-refractivity contribution in [3.63, 3.8) is 0 Å². The molecule has 1 N–H and O–H groups in total. The fourth-order valence-electron chi connectivity index (χ4n) is 3.59. The first kappa shape index (κ1) is 20.8. The van der Waals surface area contributed by atoms with E-state index in [0.717, 1.165) is 44.5 Å². The van der Waals surface area contributed by atoms with Gasteiger partial charge >= 0.3 is 6.18 Å². The molecule has 0 bridgehead atoms. The van der Waals surface area contributed by atoms with Crippen LogP contribution < -0.4 is 10.2 Å². The zero-order valence-corrected chi connectivity index (χ0v) is 16.5. The number of hydrogen-bond acceptors (Lipinski definition) is 6. The lowest BCUT2D eigenvalue weighted by Gasteiger charge is -2.29. The predicted molar refractivity (Wildman–Crippen MR) is 111 cm³/mol. The molecule has 0 spiro atoms. The first-order valence-electron chi connectivity index (χ1n) is 9.92. The van der Waals surface area contributed by atoms with Crippen LogP contribution in [0.25, 0.3) is 11.0 Å². The van der Waals surface area contributed by atoms with Gasteiger partial charge in [0.05, 0.1) is 21.5 Å². The summed E-state index contributed by atoms with van der Waals surface area (Å²) in [5, 5.41) is 14.3. The molecule has 1 fully saturated rings. The number of fused-ring (bicyclic) bond motifs is 1. The van der Waals surface area contributed by atoms with E-state index in [1.165, 1.54) is 24.3 Å². The Morgan fingerprint density at radius 3 is 2.35 bits per heavy atom. The standard InChI is InChI=1S/C21H20F3N5O2/c22-21(23,24)15-6-4-14(5-7-15)13-25-19-20(28-10-2-1-3-11-28)27-18-12-16(29(30)31)8-9-17(18)26-19/h4-9,12H,1-3,10-11,13H2,(H,25,26). The maximum atomic E-state index is 12.8. The fourth-order valence-corrected chi connectivity index (χ4v) is 3.59. The number of piperidine rings is 1. The summed E-state index contributed by atoms with van der Waals surface area (Å²) in [6.45, 7) is 1.86. The lowest BCUT2D eigenvalue weighted by atomic mass is 10.1. The van der Waals surface area contributed by atoms with Gasteiger partial charge in [0, 0.05) is 31.8 Å². The first-order valence-corrected chi connectivity index (χ1v) is 9.92. The minimum Gasteiger partial charge on any atom is -0.363 e. The van der Waals surface area contributed by atoms with Gasteiger partial charge < -0.3 is 10.2 Å². The Morgan fingerprint density at radius 1 is 1.00 bits per heavy atom. The van der Waals surface area contributed by atoms with Crippen molar-refractivity contribution in [2.75, 3.05) is 23.3 Å². The van der Waals surface area contributed by atoms with Gasteiger partial charge in [0.2, 0.25) is 0 Å². The molecule has 7 nitrogen and oxygen atoms in total. The van der Waals surface area contributed by atoms with Crippen LogP contribution in [0.4, 0.5) is 30.5 Å². The molecule has 1 saturated heterocycles. The summed E-state index contributed by atoms with van der Waals surface area (Å²) in [5.41, 5.74) is 0.841. The van der Waals surface area contributed by atoms with E-state index in [0.29, 0.717) is 28.2 Å². The van der Waals surface area contributed by atoms with E-state index in [1.54, 1.807) is 6.07 Å². The summed E-state index contributed by atoms with van der Waals surface area (Å²) in [4.78, 5) is 22.0. The average Bonchev–Trinajstić information content (AvgIpc) is 2.77. The topological polar surface area (TPSA) is 84.2 Å². The van der Waals surface area contributed by atoms with Crippen LogP contribution in [0.15, 0.2) is 42.5 Å². The Bertz CT molecular complexity index is 1100. The van der Waals surface area contributed by atoms with Crippen molar-refractivity contribution in [3.8, 4) is 0 Å². The summed E-state index contributed by atoms with van der Waals surface area (Å²) in [7, 11) is 0. The highest BCUT2D eigenvalue weighted by Crippen LogP contribution is 2.31. The Hall–Kier alpha value is -3.43. The lowest BCUT2D eigenvalue weighted by Crippen LogP contribution is -2.31. The molecule has 10 heteroatoms. The zero-order chi connectivity index (χ0) is 22.0. The molecule has 0 saturated carbocycles. The largest absolute Gasteiger partial charge is 0.416 e. The number of benzene rings is 2. The molecule has 2 heterocycles. The minimum atomic E-state index is -4.38. The maximum absolute atomic E-state index is 12.8. The molecule has 0 atom stereocenters. The Morgan fingerprint density at radius 2 is 1.71 bits per heavy atom. The van der Waals surface area contributed by atoms with Crippen LogP contribution in [0.2, 0.25) is 0 Å². The van der Waals surface area contributed by atoms with Crippen molar-refractivity contribution >= 4 is 28.4 Å². The van der Waals surface area contributed by atoms with Gasteiger partial charge in [0.25, 0.3) is 5.69 Å². The van der Waals surface area contributed by atoms with E-state index in [9.17, 15) is 23.3 Å². The molecule has 0 amide bonds. The van der Waals surface area contributed by atoms with Crippen molar-refractivity contribution in [2.45, 2.75) is 32.0 Å². The van der Waals surface area contributed by atoms with Crippen LogP contribution in [0.1, 0.15) is 30.4 Å². The SMILES string of the molecule is O=[N+]([O-])c1ccc2nc(NCc3ccc(C(F)(F)F)cc3)c(N3CCCCC3)nc2c1. The number of hydrogen-bond donors (Lipinski definition) is 1. The highest BCUT2D eigenvalue weighted by Gasteiger charge is 2.30. The summed E-state index contributed by atoms with van der Waals surface area (Å²) in [6, 6.07) is 9.26. The number of alkyl halides is 3. The molecule has 1 aromatic heterocycles. The number of halogens is 3. The number of nitro benzene ring substituents is 1. The van der Waals surface area contributed by atoms with Gasteiger partial charge in [-0.05, 0) is 43.0 Å². The second-order valence-corrected chi connectivity index (χ2v) is 7.42. The lowest BCUT2D eigenvalue weighted by molar-refractivity contribution is -0.384. The molecule has 162 valence electrons. The fraction of sp³-hybridized carbons (Fsp3) is 0.333. The molecule has 0 aliphatic carbocycles. The van der Waals surface area contributed by atoms with Gasteiger partial charge in [0.1, 0.15) is 0 Å². The number of non-ortho nitro benzene ring substituents is 1. The molecule has 0 radical (unpaired) electrons. The zero-order valence-electron chi connectivity index (χ0n) is 16.5. The van der Waals surface area contributed by atoms with Crippen LogP contribution in [-0.4, -0.2) is 28.0 Å². The van der Waals surface area contributed by atoms with E-state index < -0.39 is 16.7 Å². The summed E-state index contributed by atoms with van der Waals surface area (Å²) in [6.07, 6.45) is -1.24. The molecular weight excluding hydrogens is 411 g/mol. The predicted octanol–water partition coefficient (Wildman–Crippen LogP) is 5.16. The smallest absolute Gasteiger partial charge is 0.363 e. The molecular formula is C21H20F3N5O2. The molecule has 0 unspecified atom stereocenters. The molecule has 2 aromatic carbocycles. The number of rotatable bonds is 5. The van der Waals surface area contributed by atoms with E-state index in [4.69, 9.17) is 0 Å². The number of nitro groups is 1. The number of nitrogens with one attached hydrogen (secondary N) is 1. The number of anilines is 2. The Balaban J connectivity index is 1.64. The van der Waals surface area contributed by atoms with Crippen LogP contribution >= 0.6 is 0 Å². The van der Waals surface area contributed by atoms with Gasteiger partial charge in [-0.15, -0.1) is 0 Å². The van der Waals surface area contributed by atoms with Crippen molar-refractivity contribution in [1.29, 1.82) is 0 Å². The van der Waals surface area contributed by atoms with Crippen molar-refractivity contribution < 1.29 is 18.1 Å². The second kappa shape index (κ2) is 8.37. The van der Waals surface area contributed by atoms with Crippen LogP contribution in [0, 0.1) is 10.1 Å². The quantitative estimate of drug-likeness (QED) is 0.444. The van der Waals surface area contributed by atoms with Crippen LogP contribution in [0.3, 0.4) is 0 Å². The third-order valence-corrected chi connectivity index (χ3v) is 5.24. The highest BCUT2D eigenvalue weighted by atomic mass is 19.4. The van der Waals surface area contributed by atoms with E-state index in [1.807, 2.05) is 0 Å². The summed E-state index contributed by atoms with van der Waals surface area (Å²) >= 11 is 0. The highest BCUT2D eigenvalue weighted by molar-refractivity contribution is 5.82. The average molecular weight is 431 g/mol. The number of aromatic nitrogens is 2. The Labute approximate surface area is 176 Å². The van der Waals surface area contributed by atoms with Gasteiger partial charge in [0.15, 0.2) is 11.6 Å². The van der Waals surface area contributed by atoms with Crippen LogP contribution in [-0.2, 0) is 12.7 Å². The normalized spacial score (nSPS) is 14.6. The minimum absolute atomic E-state index is 0.0585. The van der Waals surface area contributed by atoms with Gasteiger partial charge in [-0.1, -0.05) is 12.1 Å². The van der Waals surface area contributed by atoms with E-state index in [2.05, 4.69) is 20.2 Å². The van der Waals surface area contributed by atoms with Crippen molar-refractivity contribution in [2.24, 2.45) is 0 Å². The third kappa shape index (κ3) is 4.68. The van der Waals surface area contributed by atoms with E-state index in [-0.39, 0.29) is 12.2 Å². The van der Waals surface area contributed by atoms with Gasteiger partial charge in [-0.3, -0.25) is 10.1 Å². The first-order chi connectivity index (χ1) is 14.8. The van der Waals surface area contributed by atoms with E-state index >= 15 is 0 Å². The summed E-state index contributed by atoms with van der Waals surface area (Å²) in [5.74, 6) is 1.10. The molecule has 31 heavy (non-hydrogen) atoms.